The summed E-state index contributed by atoms with van der Waals surface area (Å²) in [6.07, 6.45) is -2.33. The Morgan fingerprint density at radius 2 is 1.86 bits per heavy atom. The van der Waals surface area contributed by atoms with Crippen molar-refractivity contribution < 1.29 is 13.6 Å². The third-order valence-corrected chi connectivity index (χ3v) is 3.69. The highest BCUT2D eigenvalue weighted by atomic mass is 19.3. The lowest BCUT2D eigenvalue weighted by Gasteiger charge is -2.24. The zero-order valence-corrected chi connectivity index (χ0v) is 12.6. The van der Waals surface area contributed by atoms with Crippen LogP contribution in [0.5, 0.6) is 0 Å². The lowest BCUT2D eigenvalue weighted by molar-refractivity contribution is -0.132. The van der Waals surface area contributed by atoms with Gasteiger partial charge in [0, 0.05) is 0 Å². The van der Waals surface area contributed by atoms with Gasteiger partial charge in [-0.3, -0.25) is 10.1 Å². The summed E-state index contributed by atoms with van der Waals surface area (Å²) >= 11 is 0. The molecule has 2 atom stereocenters. The van der Waals surface area contributed by atoms with E-state index in [1.54, 1.807) is 0 Å². The minimum absolute atomic E-state index is 0.227. The second-order valence-corrected chi connectivity index (χ2v) is 6.04. The van der Waals surface area contributed by atoms with Crippen LogP contribution in [0.2, 0.25) is 0 Å². The smallest absolute Gasteiger partial charge is 0.255 e. The molecule has 1 fully saturated rings. The molecule has 116 valence electrons. The first kappa shape index (κ1) is 15.9. The molecule has 2 unspecified atom stereocenters. The SMILES string of the molecule is Cc1ccc(C2NC(CC(C)C)C(=O)N2CC(F)F)cc1. The molecule has 5 heteroatoms. The Morgan fingerprint density at radius 1 is 1.24 bits per heavy atom. The number of hydrogen-bond acceptors (Lipinski definition) is 2. The molecular formula is C16H22F2N2O. The minimum atomic E-state index is -2.53. The van der Waals surface area contributed by atoms with E-state index in [0.717, 1.165) is 11.1 Å². The fraction of sp³-hybridized carbons (Fsp3) is 0.562. The largest absolute Gasteiger partial charge is 0.316 e. The number of amides is 1. The van der Waals surface area contributed by atoms with Gasteiger partial charge >= 0.3 is 0 Å². The fourth-order valence-corrected chi connectivity index (χ4v) is 2.69. The molecule has 1 aliphatic rings. The second-order valence-electron chi connectivity index (χ2n) is 6.04. The van der Waals surface area contributed by atoms with Crippen molar-refractivity contribution in [3.05, 3.63) is 35.4 Å². The fourth-order valence-electron chi connectivity index (χ4n) is 2.69. The molecule has 21 heavy (non-hydrogen) atoms. The van der Waals surface area contributed by atoms with Gasteiger partial charge in [-0.25, -0.2) is 8.78 Å². The highest BCUT2D eigenvalue weighted by Gasteiger charge is 2.40. The van der Waals surface area contributed by atoms with Crippen molar-refractivity contribution in [2.75, 3.05) is 6.54 Å². The number of nitrogens with one attached hydrogen (secondary N) is 1. The molecule has 1 aliphatic heterocycles. The first-order chi connectivity index (χ1) is 9.88. The molecule has 0 radical (unpaired) electrons. The molecule has 0 saturated carbocycles. The van der Waals surface area contributed by atoms with E-state index in [-0.39, 0.29) is 11.9 Å². The monoisotopic (exact) mass is 296 g/mol. The van der Waals surface area contributed by atoms with Crippen LogP contribution in [-0.4, -0.2) is 29.8 Å². The van der Waals surface area contributed by atoms with Gasteiger partial charge < -0.3 is 4.90 Å². The van der Waals surface area contributed by atoms with Crippen molar-refractivity contribution in [1.29, 1.82) is 0 Å². The van der Waals surface area contributed by atoms with Crippen molar-refractivity contribution >= 4 is 5.91 Å². The quantitative estimate of drug-likeness (QED) is 0.905. The lowest BCUT2D eigenvalue weighted by atomic mass is 10.0. The third-order valence-electron chi connectivity index (χ3n) is 3.69. The van der Waals surface area contributed by atoms with Crippen molar-refractivity contribution in [2.24, 2.45) is 5.92 Å². The van der Waals surface area contributed by atoms with E-state index < -0.39 is 19.1 Å². The van der Waals surface area contributed by atoms with Crippen LogP contribution in [-0.2, 0) is 4.79 Å². The van der Waals surface area contributed by atoms with E-state index in [0.29, 0.717) is 12.3 Å². The summed E-state index contributed by atoms with van der Waals surface area (Å²) < 4.78 is 25.6. The molecule has 0 spiro atoms. The first-order valence-electron chi connectivity index (χ1n) is 7.29. The van der Waals surface area contributed by atoms with Crippen molar-refractivity contribution in [3.8, 4) is 0 Å². The molecule has 1 saturated heterocycles. The van der Waals surface area contributed by atoms with Gasteiger partial charge in [0.2, 0.25) is 5.91 Å². The van der Waals surface area contributed by atoms with Crippen LogP contribution in [0.4, 0.5) is 8.78 Å². The summed E-state index contributed by atoms with van der Waals surface area (Å²) in [5.41, 5.74) is 1.95. The van der Waals surface area contributed by atoms with Crippen molar-refractivity contribution in [2.45, 2.75) is 45.8 Å². The Kier molecular flexibility index (Phi) is 4.93. The van der Waals surface area contributed by atoms with Crippen LogP contribution in [0, 0.1) is 12.8 Å². The van der Waals surface area contributed by atoms with Gasteiger partial charge in [0.25, 0.3) is 6.43 Å². The molecule has 2 rings (SSSR count). The normalized spacial score (nSPS) is 22.6. The van der Waals surface area contributed by atoms with Crippen LogP contribution in [0.1, 0.15) is 37.6 Å². The zero-order chi connectivity index (χ0) is 15.6. The number of benzene rings is 1. The predicted octanol–water partition coefficient (Wildman–Crippen LogP) is 3.11. The number of carbonyl (C=O) groups is 1. The predicted molar refractivity (Wildman–Crippen MR) is 78.0 cm³/mol. The molecule has 1 amide bonds. The third kappa shape index (κ3) is 3.79. The standard InChI is InChI=1S/C16H22F2N2O/c1-10(2)8-13-16(21)20(9-14(17)18)15(19-13)12-6-4-11(3)5-7-12/h4-7,10,13-15,19H,8-9H2,1-3H3. The summed E-state index contributed by atoms with van der Waals surface area (Å²) in [4.78, 5) is 13.6. The number of alkyl halides is 2. The molecule has 1 N–H and O–H groups in total. The minimum Gasteiger partial charge on any atom is -0.316 e. The van der Waals surface area contributed by atoms with Gasteiger partial charge in [0.15, 0.2) is 0 Å². The maximum absolute atomic E-state index is 12.8. The van der Waals surface area contributed by atoms with Gasteiger partial charge in [0.05, 0.1) is 12.6 Å². The molecule has 0 bridgehead atoms. The first-order valence-corrected chi connectivity index (χ1v) is 7.29. The highest BCUT2D eigenvalue weighted by molar-refractivity contribution is 5.84. The zero-order valence-electron chi connectivity index (χ0n) is 12.6. The van der Waals surface area contributed by atoms with Crippen molar-refractivity contribution in [1.82, 2.24) is 10.2 Å². The molecule has 0 aliphatic carbocycles. The van der Waals surface area contributed by atoms with Crippen LogP contribution in [0.3, 0.4) is 0 Å². The highest BCUT2D eigenvalue weighted by Crippen LogP contribution is 2.28. The van der Waals surface area contributed by atoms with Crippen LogP contribution >= 0.6 is 0 Å². The van der Waals surface area contributed by atoms with E-state index in [1.807, 2.05) is 45.0 Å². The number of hydrogen-bond donors (Lipinski definition) is 1. The molecule has 1 aromatic carbocycles. The molecule has 1 aromatic rings. The van der Waals surface area contributed by atoms with Gasteiger partial charge in [-0.15, -0.1) is 0 Å². The maximum Gasteiger partial charge on any atom is 0.255 e. The molecular weight excluding hydrogens is 274 g/mol. The number of rotatable bonds is 5. The van der Waals surface area contributed by atoms with Gasteiger partial charge in [0.1, 0.15) is 6.17 Å². The molecule has 0 aromatic heterocycles. The summed E-state index contributed by atoms with van der Waals surface area (Å²) in [7, 11) is 0. The Hall–Kier alpha value is -1.49. The van der Waals surface area contributed by atoms with E-state index in [1.165, 1.54) is 4.90 Å². The second kappa shape index (κ2) is 6.52. The number of halogens is 2. The number of aryl methyl sites for hydroxylation is 1. The summed E-state index contributed by atoms with van der Waals surface area (Å²) in [6.45, 7) is 5.48. The van der Waals surface area contributed by atoms with Crippen LogP contribution in [0.25, 0.3) is 0 Å². The van der Waals surface area contributed by atoms with Crippen LogP contribution < -0.4 is 5.32 Å². The summed E-state index contributed by atoms with van der Waals surface area (Å²) in [6, 6.07) is 7.25. The van der Waals surface area contributed by atoms with Gasteiger partial charge in [-0.05, 0) is 24.8 Å². The Morgan fingerprint density at radius 3 is 2.38 bits per heavy atom. The average Bonchev–Trinajstić information content (AvgIpc) is 2.68. The van der Waals surface area contributed by atoms with Crippen molar-refractivity contribution in [3.63, 3.8) is 0 Å². The van der Waals surface area contributed by atoms with E-state index >= 15 is 0 Å². The van der Waals surface area contributed by atoms with Crippen LogP contribution in [0.15, 0.2) is 24.3 Å². The summed E-state index contributed by atoms with van der Waals surface area (Å²) in [5, 5.41) is 3.21. The Labute approximate surface area is 124 Å². The lowest BCUT2D eigenvalue weighted by Crippen LogP contribution is -2.35. The van der Waals surface area contributed by atoms with Gasteiger partial charge in [-0.2, -0.15) is 0 Å². The number of nitrogens with zero attached hydrogens (tertiary/aromatic N) is 1. The molecule has 1 heterocycles. The number of carbonyl (C=O) groups excluding carboxylic acids is 1. The Bertz CT molecular complexity index is 488. The molecule has 3 nitrogen and oxygen atoms in total. The summed E-state index contributed by atoms with van der Waals surface area (Å²) in [5.74, 6) is 0.103. The van der Waals surface area contributed by atoms with E-state index in [9.17, 15) is 13.6 Å². The Balaban J connectivity index is 2.23. The van der Waals surface area contributed by atoms with E-state index in [4.69, 9.17) is 0 Å². The maximum atomic E-state index is 12.8. The van der Waals surface area contributed by atoms with Gasteiger partial charge in [-0.1, -0.05) is 43.7 Å². The topological polar surface area (TPSA) is 32.3 Å². The van der Waals surface area contributed by atoms with E-state index in [2.05, 4.69) is 5.32 Å². The average molecular weight is 296 g/mol.